The predicted octanol–water partition coefficient (Wildman–Crippen LogP) is 1.35. The molecule has 0 aliphatic carbocycles. The highest BCUT2D eigenvalue weighted by atomic mass is 32.2. The molecule has 0 spiro atoms. The number of methoxy groups -OCH3 is 1. The van der Waals surface area contributed by atoms with Crippen molar-refractivity contribution >= 4 is 15.7 Å². The third-order valence-corrected chi connectivity index (χ3v) is 3.92. The number of furan rings is 1. The molecule has 0 amide bonds. The molecule has 0 fully saturated rings. The number of benzene rings is 1. The average Bonchev–Trinajstić information content (AvgIpc) is 2.89. The Hall–Kier alpha value is -1.99. The van der Waals surface area contributed by atoms with E-state index in [0.717, 1.165) is 0 Å². The number of hydrogen-bond acceptors (Lipinski definition) is 5. The van der Waals surface area contributed by atoms with Gasteiger partial charge in [-0.15, -0.1) is 0 Å². The molecule has 19 heavy (non-hydrogen) atoms. The van der Waals surface area contributed by atoms with E-state index in [1.807, 2.05) is 0 Å². The number of hydrogen-bond donors (Lipinski definition) is 2. The first-order valence-corrected chi connectivity index (χ1v) is 6.97. The van der Waals surface area contributed by atoms with Crippen molar-refractivity contribution in [3.63, 3.8) is 0 Å². The first-order chi connectivity index (χ1) is 9.03. The van der Waals surface area contributed by atoms with Crippen molar-refractivity contribution in [2.45, 2.75) is 11.4 Å². The van der Waals surface area contributed by atoms with E-state index in [9.17, 15) is 8.42 Å². The predicted molar refractivity (Wildman–Crippen MR) is 70.1 cm³/mol. The number of anilines is 1. The summed E-state index contributed by atoms with van der Waals surface area (Å²) in [5, 5.41) is 0. The van der Waals surface area contributed by atoms with Gasteiger partial charge in [0.1, 0.15) is 16.4 Å². The van der Waals surface area contributed by atoms with Gasteiger partial charge in [-0.05, 0) is 30.3 Å². The fraction of sp³-hybridized carbons (Fsp3) is 0.167. The van der Waals surface area contributed by atoms with Gasteiger partial charge in [0.15, 0.2) is 0 Å². The molecule has 2 rings (SSSR count). The second-order valence-electron chi connectivity index (χ2n) is 3.81. The lowest BCUT2D eigenvalue weighted by Gasteiger charge is -2.10. The maximum atomic E-state index is 12.2. The fourth-order valence-corrected chi connectivity index (χ4v) is 2.76. The lowest BCUT2D eigenvalue weighted by Crippen LogP contribution is -2.23. The van der Waals surface area contributed by atoms with Gasteiger partial charge in [-0.1, -0.05) is 0 Å². The molecule has 1 aromatic heterocycles. The molecular formula is C12H14N2O4S. The number of nitrogens with one attached hydrogen (secondary N) is 1. The Bertz CT molecular complexity index is 650. The van der Waals surface area contributed by atoms with Gasteiger partial charge in [-0.3, -0.25) is 0 Å². The van der Waals surface area contributed by atoms with Crippen LogP contribution in [0.15, 0.2) is 45.9 Å². The zero-order valence-electron chi connectivity index (χ0n) is 10.3. The average molecular weight is 282 g/mol. The third kappa shape index (κ3) is 3.07. The van der Waals surface area contributed by atoms with Crippen molar-refractivity contribution in [1.82, 2.24) is 4.72 Å². The molecule has 0 radical (unpaired) electrons. The highest BCUT2D eigenvalue weighted by Gasteiger charge is 2.19. The van der Waals surface area contributed by atoms with Crippen LogP contribution < -0.4 is 15.2 Å². The van der Waals surface area contributed by atoms with E-state index >= 15 is 0 Å². The number of nitrogen functional groups attached to an aromatic ring is 1. The maximum Gasteiger partial charge on any atom is 0.244 e. The van der Waals surface area contributed by atoms with Gasteiger partial charge in [0, 0.05) is 5.69 Å². The van der Waals surface area contributed by atoms with Crippen LogP contribution in [0.4, 0.5) is 5.69 Å². The van der Waals surface area contributed by atoms with Gasteiger partial charge in [0.25, 0.3) is 0 Å². The molecule has 2 aromatic rings. The second kappa shape index (κ2) is 5.33. The monoisotopic (exact) mass is 282 g/mol. The van der Waals surface area contributed by atoms with Gasteiger partial charge in [-0.2, -0.15) is 0 Å². The maximum absolute atomic E-state index is 12.2. The Morgan fingerprint density at radius 1 is 1.37 bits per heavy atom. The minimum Gasteiger partial charge on any atom is -0.495 e. The Kier molecular flexibility index (Phi) is 3.77. The minimum atomic E-state index is -3.72. The van der Waals surface area contributed by atoms with E-state index < -0.39 is 10.0 Å². The first kappa shape index (κ1) is 13.4. The van der Waals surface area contributed by atoms with Gasteiger partial charge >= 0.3 is 0 Å². The van der Waals surface area contributed by atoms with Crippen molar-refractivity contribution in [3.8, 4) is 5.75 Å². The molecule has 102 valence electrons. The van der Waals surface area contributed by atoms with Gasteiger partial charge in [0.2, 0.25) is 10.0 Å². The molecule has 0 bridgehead atoms. The van der Waals surface area contributed by atoms with E-state index in [1.165, 1.54) is 25.5 Å². The number of ether oxygens (including phenoxy) is 1. The molecule has 0 unspecified atom stereocenters. The van der Waals surface area contributed by atoms with E-state index in [-0.39, 0.29) is 17.2 Å². The molecule has 0 atom stereocenters. The lowest BCUT2D eigenvalue weighted by atomic mass is 10.3. The minimum absolute atomic E-state index is 0.00144. The molecular weight excluding hydrogens is 268 g/mol. The topological polar surface area (TPSA) is 94.6 Å². The van der Waals surface area contributed by atoms with Crippen molar-refractivity contribution in [1.29, 1.82) is 0 Å². The Morgan fingerprint density at radius 3 is 2.79 bits per heavy atom. The summed E-state index contributed by atoms with van der Waals surface area (Å²) in [6.45, 7) is 0.0628. The van der Waals surface area contributed by atoms with E-state index in [1.54, 1.807) is 18.2 Å². The van der Waals surface area contributed by atoms with Crippen LogP contribution in [0, 0.1) is 0 Å². The summed E-state index contributed by atoms with van der Waals surface area (Å²) in [6, 6.07) is 7.80. The second-order valence-corrected chi connectivity index (χ2v) is 5.55. The van der Waals surface area contributed by atoms with Crippen LogP contribution in [0.3, 0.4) is 0 Å². The zero-order chi connectivity index (χ0) is 13.9. The van der Waals surface area contributed by atoms with Crippen LogP contribution in [0.25, 0.3) is 0 Å². The summed E-state index contributed by atoms with van der Waals surface area (Å²) >= 11 is 0. The Morgan fingerprint density at radius 2 is 2.16 bits per heavy atom. The van der Waals surface area contributed by atoms with Crippen molar-refractivity contribution in [2.75, 3.05) is 12.8 Å². The van der Waals surface area contributed by atoms with Gasteiger partial charge in [-0.25, -0.2) is 13.1 Å². The molecule has 0 aliphatic heterocycles. The summed E-state index contributed by atoms with van der Waals surface area (Å²) in [4.78, 5) is 0.00144. The van der Waals surface area contributed by atoms with Crippen LogP contribution >= 0.6 is 0 Å². The van der Waals surface area contributed by atoms with E-state index in [0.29, 0.717) is 11.4 Å². The van der Waals surface area contributed by atoms with Crippen LogP contribution in [-0.2, 0) is 16.6 Å². The van der Waals surface area contributed by atoms with Crippen molar-refractivity contribution in [3.05, 3.63) is 42.4 Å². The smallest absolute Gasteiger partial charge is 0.244 e. The SMILES string of the molecule is COc1ccc(N)cc1S(=O)(=O)NCc1ccco1. The van der Waals surface area contributed by atoms with Crippen LogP contribution in [0.2, 0.25) is 0 Å². The van der Waals surface area contributed by atoms with Gasteiger partial charge < -0.3 is 14.9 Å². The molecule has 0 saturated heterocycles. The molecule has 1 heterocycles. The van der Waals surface area contributed by atoms with E-state index in [2.05, 4.69) is 4.72 Å². The largest absolute Gasteiger partial charge is 0.495 e. The Labute approximate surface area is 111 Å². The molecule has 7 heteroatoms. The standard InChI is InChI=1S/C12H14N2O4S/c1-17-11-5-4-9(13)7-12(11)19(15,16)14-8-10-3-2-6-18-10/h2-7,14H,8,13H2,1H3. The highest BCUT2D eigenvalue weighted by molar-refractivity contribution is 7.89. The molecule has 0 aliphatic rings. The molecule has 6 nitrogen and oxygen atoms in total. The number of nitrogens with two attached hydrogens (primary N) is 1. The molecule has 3 N–H and O–H groups in total. The number of sulfonamides is 1. The molecule has 0 saturated carbocycles. The highest BCUT2D eigenvalue weighted by Crippen LogP contribution is 2.25. The Balaban J connectivity index is 2.26. The zero-order valence-corrected chi connectivity index (χ0v) is 11.1. The van der Waals surface area contributed by atoms with Crippen molar-refractivity contribution < 1.29 is 17.6 Å². The summed E-state index contributed by atoms with van der Waals surface area (Å²) in [5.41, 5.74) is 5.95. The quantitative estimate of drug-likeness (QED) is 0.807. The van der Waals surface area contributed by atoms with Crippen molar-refractivity contribution in [2.24, 2.45) is 0 Å². The van der Waals surface area contributed by atoms with E-state index in [4.69, 9.17) is 14.9 Å². The normalized spacial score (nSPS) is 11.4. The van der Waals surface area contributed by atoms with Crippen LogP contribution in [0.1, 0.15) is 5.76 Å². The first-order valence-electron chi connectivity index (χ1n) is 5.48. The molecule has 1 aromatic carbocycles. The summed E-state index contributed by atoms with van der Waals surface area (Å²) < 4.78 is 36.9. The third-order valence-electron chi connectivity index (χ3n) is 2.49. The summed E-state index contributed by atoms with van der Waals surface area (Å²) in [5.74, 6) is 0.757. The lowest BCUT2D eigenvalue weighted by molar-refractivity contribution is 0.402. The number of rotatable bonds is 5. The summed E-state index contributed by atoms with van der Waals surface area (Å²) in [6.07, 6.45) is 1.48. The van der Waals surface area contributed by atoms with Crippen LogP contribution in [0.5, 0.6) is 5.75 Å². The van der Waals surface area contributed by atoms with Gasteiger partial charge in [0.05, 0.1) is 19.9 Å². The van der Waals surface area contributed by atoms with Crippen LogP contribution in [-0.4, -0.2) is 15.5 Å². The fourth-order valence-electron chi connectivity index (χ4n) is 1.56. The summed E-state index contributed by atoms with van der Waals surface area (Å²) in [7, 11) is -2.32.